The van der Waals surface area contributed by atoms with Crippen molar-refractivity contribution in [3.63, 3.8) is 0 Å². The zero-order valence-electron chi connectivity index (χ0n) is 12.4. The summed E-state index contributed by atoms with van der Waals surface area (Å²) < 4.78 is 22.9. The van der Waals surface area contributed by atoms with Crippen molar-refractivity contribution in [2.24, 2.45) is 0 Å². The number of carbonyl (C=O) groups excluding carboxylic acids is 1. The van der Waals surface area contributed by atoms with Gasteiger partial charge in [0.15, 0.2) is 9.84 Å². The molecule has 21 heavy (non-hydrogen) atoms. The maximum Gasteiger partial charge on any atom is 0.234 e. The molecule has 0 spiro atoms. The molecule has 2 heterocycles. The van der Waals surface area contributed by atoms with Crippen LogP contribution in [0.3, 0.4) is 0 Å². The Morgan fingerprint density at radius 1 is 1.52 bits per heavy atom. The van der Waals surface area contributed by atoms with E-state index in [-0.39, 0.29) is 30.0 Å². The number of sulfone groups is 1. The van der Waals surface area contributed by atoms with Gasteiger partial charge in [-0.15, -0.1) is 0 Å². The van der Waals surface area contributed by atoms with E-state index in [2.05, 4.69) is 10.3 Å². The van der Waals surface area contributed by atoms with Gasteiger partial charge in [0, 0.05) is 24.5 Å². The van der Waals surface area contributed by atoms with Gasteiger partial charge in [0.1, 0.15) is 0 Å². The second-order valence-electron chi connectivity index (χ2n) is 5.55. The van der Waals surface area contributed by atoms with E-state index in [9.17, 15) is 13.2 Å². The highest BCUT2D eigenvalue weighted by Gasteiger charge is 2.31. The van der Waals surface area contributed by atoms with Crippen molar-refractivity contribution in [3.8, 4) is 0 Å². The quantitative estimate of drug-likeness (QED) is 0.836. The number of carbonyl (C=O) groups is 1. The number of amides is 1. The van der Waals surface area contributed by atoms with Gasteiger partial charge in [-0.1, -0.05) is 0 Å². The van der Waals surface area contributed by atoms with Gasteiger partial charge in [0.25, 0.3) is 0 Å². The number of hydrogen-bond acceptors (Lipinski definition) is 5. The van der Waals surface area contributed by atoms with Crippen LogP contribution in [0.15, 0.2) is 18.3 Å². The molecule has 1 aromatic rings. The smallest absolute Gasteiger partial charge is 0.234 e. The van der Waals surface area contributed by atoms with Crippen LogP contribution in [0.5, 0.6) is 0 Å². The highest BCUT2D eigenvalue weighted by atomic mass is 32.2. The summed E-state index contributed by atoms with van der Waals surface area (Å²) in [6.07, 6.45) is 2.32. The van der Waals surface area contributed by atoms with Crippen LogP contribution < -0.4 is 5.32 Å². The predicted octanol–water partition coefficient (Wildman–Crippen LogP) is 0.125. The van der Waals surface area contributed by atoms with Crippen LogP contribution in [0.4, 0.5) is 0 Å². The summed E-state index contributed by atoms with van der Waals surface area (Å²) in [7, 11) is -1.12. The summed E-state index contributed by atoms with van der Waals surface area (Å²) in [6, 6.07) is 3.73. The maximum absolute atomic E-state index is 11.9. The van der Waals surface area contributed by atoms with Crippen molar-refractivity contribution in [1.29, 1.82) is 0 Å². The molecule has 116 valence electrons. The number of hydrogen-bond donors (Lipinski definition) is 1. The van der Waals surface area contributed by atoms with Crippen LogP contribution >= 0.6 is 0 Å². The third kappa shape index (κ3) is 4.78. The first-order valence-electron chi connectivity index (χ1n) is 6.94. The van der Waals surface area contributed by atoms with Crippen LogP contribution in [0.1, 0.15) is 17.7 Å². The van der Waals surface area contributed by atoms with Crippen molar-refractivity contribution in [2.75, 3.05) is 25.1 Å². The number of rotatable bonds is 5. The van der Waals surface area contributed by atoms with E-state index in [1.54, 1.807) is 13.2 Å². The molecule has 1 saturated heterocycles. The second-order valence-corrected chi connectivity index (χ2v) is 7.78. The molecule has 1 atom stereocenters. The Morgan fingerprint density at radius 2 is 2.29 bits per heavy atom. The van der Waals surface area contributed by atoms with Crippen LogP contribution in [-0.2, 0) is 21.2 Å². The Labute approximate surface area is 125 Å². The van der Waals surface area contributed by atoms with Crippen molar-refractivity contribution in [3.05, 3.63) is 29.6 Å². The van der Waals surface area contributed by atoms with Gasteiger partial charge in [-0.25, -0.2) is 8.42 Å². The molecular weight excluding hydrogens is 290 g/mol. The van der Waals surface area contributed by atoms with Crippen LogP contribution in [0.25, 0.3) is 0 Å². The van der Waals surface area contributed by atoms with Gasteiger partial charge in [0.05, 0.1) is 18.1 Å². The summed E-state index contributed by atoms with van der Waals surface area (Å²) in [4.78, 5) is 17.8. The number of nitrogens with zero attached hydrogens (tertiary/aromatic N) is 2. The molecule has 2 rings (SSSR count). The summed E-state index contributed by atoms with van der Waals surface area (Å²) in [5.74, 6) is 0.275. The molecule has 6 nitrogen and oxygen atoms in total. The zero-order valence-corrected chi connectivity index (χ0v) is 13.2. The fraction of sp³-hybridized carbons (Fsp3) is 0.571. The van der Waals surface area contributed by atoms with Gasteiger partial charge in [-0.05, 0) is 38.1 Å². The van der Waals surface area contributed by atoms with Crippen LogP contribution in [0, 0.1) is 6.92 Å². The number of aryl methyl sites for hydroxylation is 1. The Kier molecular flexibility index (Phi) is 4.95. The Hall–Kier alpha value is -1.47. The number of pyridine rings is 1. The van der Waals surface area contributed by atoms with Gasteiger partial charge in [-0.2, -0.15) is 0 Å². The molecule has 7 heteroatoms. The van der Waals surface area contributed by atoms with Gasteiger partial charge < -0.3 is 5.32 Å². The molecular formula is C14H21N3O3S. The lowest BCUT2D eigenvalue weighted by Gasteiger charge is -2.22. The highest BCUT2D eigenvalue weighted by molar-refractivity contribution is 7.91. The number of nitrogens with one attached hydrogen (secondary N) is 1. The molecule has 1 aromatic heterocycles. The fourth-order valence-electron chi connectivity index (χ4n) is 2.45. The van der Waals surface area contributed by atoms with E-state index in [4.69, 9.17) is 0 Å². The third-order valence-corrected chi connectivity index (χ3v) is 5.43. The van der Waals surface area contributed by atoms with Crippen LogP contribution in [0.2, 0.25) is 0 Å². The Balaban J connectivity index is 1.79. The first-order valence-corrected chi connectivity index (χ1v) is 8.77. The molecule has 0 saturated carbocycles. The maximum atomic E-state index is 11.9. The Bertz CT molecular complexity index is 616. The third-order valence-electron chi connectivity index (χ3n) is 3.68. The van der Waals surface area contributed by atoms with Gasteiger partial charge in [-0.3, -0.25) is 14.7 Å². The molecule has 1 N–H and O–H groups in total. The number of likely N-dealkylation sites (N-methyl/N-ethyl adjacent to an activating group) is 1. The molecule has 1 fully saturated rings. The largest absolute Gasteiger partial charge is 0.351 e. The van der Waals surface area contributed by atoms with E-state index >= 15 is 0 Å². The first kappa shape index (κ1) is 15.9. The fourth-order valence-corrected chi connectivity index (χ4v) is 4.25. The molecule has 0 radical (unpaired) electrons. The average molecular weight is 311 g/mol. The summed E-state index contributed by atoms with van der Waals surface area (Å²) >= 11 is 0. The molecule has 1 aliphatic heterocycles. The minimum Gasteiger partial charge on any atom is -0.351 e. The SMILES string of the molecule is Cc1cc(CNC(=O)CN(C)[C@@H]2CCS(=O)(=O)C2)ccn1. The molecule has 1 amide bonds. The summed E-state index contributed by atoms with van der Waals surface area (Å²) in [5.41, 5.74) is 1.91. The average Bonchev–Trinajstić information content (AvgIpc) is 2.77. The lowest BCUT2D eigenvalue weighted by molar-refractivity contribution is -0.122. The lowest BCUT2D eigenvalue weighted by atomic mass is 10.2. The summed E-state index contributed by atoms with van der Waals surface area (Å²) in [5, 5.41) is 2.84. The monoisotopic (exact) mass is 311 g/mol. The van der Waals surface area contributed by atoms with Crippen molar-refractivity contribution in [2.45, 2.75) is 25.9 Å². The summed E-state index contributed by atoms with van der Waals surface area (Å²) in [6.45, 7) is 2.57. The topological polar surface area (TPSA) is 79.4 Å². The molecule has 0 aromatic carbocycles. The molecule has 1 aliphatic rings. The minimum atomic E-state index is -2.92. The van der Waals surface area contributed by atoms with Crippen LogP contribution in [-0.4, -0.2) is 55.3 Å². The van der Waals surface area contributed by atoms with Crippen molar-refractivity contribution >= 4 is 15.7 Å². The van der Waals surface area contributed by atoms with Crippen molar-refractivity contribution in [1.82, 2.24) is 15.2 Å². The lowest BCUT2D eigenvalue weighted by Crippen LogP contribution is -2.41. The molecule has 0 aliphatic carbocycles. The van der Waals surface area contributed by atoms with Gasteiger partial charge in [0.2, 0.25) is 5.91 Å². The Morgan fingerprint density at radius 3 is 2.90 bits per heavy atom. The second kappa shape index (κ2) is 6.53. The standard InChI is InChI=1S/C14H21N3O3S/c1-11-7-12(3-5-15-11)8-16-14(18)9-17(2)13-4-6-21(19,20)10-13/h3,5,7,13H,4,6,8-10H2,1-2H3,(H,16,18)/t13-/m1/s1. The van der Waals surface area contributed by atoms with E-state index < -0.39 is 9.84 Å². The minimum absolute atomic E-state index is 0.0519. The van der Waals surface area contributed by atoms with Crippen molar-refractivity contribution < 1.29 is 13.2 Å². The normalized spacial score (nSPS) is 20.6. The molecule has 0 unspecified atom stereocenters. The zero-order chi connectivity index (χ0) is 15.5. The number of aromatic nitrogens is 1. The predicted molar refractivity (Wildman–Crippen MR) is 80.5 cm³/mol. The highest BCUT2D eigenvalue weighted by Crippen LogP contribution is 2.16. The van der Waals surface area contributed by atoms with Gasteiger partial charge >= 0.3 is 0 Å². The van der Waals surface area contributed by atoms with E-state index in [0.717, 1.165) is 11.3 Å². The first-order chi connectivity index (χ1) is 9.85. The molecule has 0 bridgehead atoms. The van der Waals surface area contributed by atoms with E-state index in [0.29, 0.717) is 13.0 Å². The van der Waals surface area contributed by atoms with E-state index in [1.165, 1.54) is 0 Å². The van der Waals surface area contributed by atoms with E-state index in [1.807, 2.05) is 24.0 Å².